The van der Waals surface area contributed by atoms with Crippen LogP contribution in [-0.4, -0.2) is 28.7 Å². The molecule has 0 saturated carbocycles. The molecule has 0 aliphatic heterocycles. The zero-order valence-electron chi connectivity index (χ0n) is 11.4. The van der Waals surface area contributed by atoms with Crippen molar-refractivity contribution in [3.8, 4) is 0 Å². The van der Waals surface area contributed by atoms with Crippen LogP contribution in [-0.2, 0) is 9.59 Å². The molecule has 7 nitrogen and oxygen atoms in total. The molecule has 1 atom stereocenters. The second kappa shape index (κ2) is 7.09. The largest absolute Gasteiger partial charge is 0.356 e. The Labute approximate surface area is 125 Å². The summed E-state index contributed by atoms with van der Waals surface area (Å²) in [4.78, 5) is 37.4. The number of nitrogens with one attached hydrogen (secondary N) is 4. The number of hydrazine groups is 1. The number of carbonyl (C=O) groups is 3. The number of aromatic amines is 1. The Morgan fingerprint density at radius 2 is 1.90 bits per heavy atom. The van der Waals surface area contributed by atoms with Crippen LogP contribution in [0.5, 0.6) is 0 Å². The Morgan fingerprint density at radius 3 is 2.35 bits per heavy atom. The van der Waals surface area contributed by atoms with Crippen LogP contribution >= 0.6 is 15.9 Å². The molecule has 20 heavy (non-hydrogen) atoms. The quantitative estimate of drug-likeness (QED) is 0.604. The van der Waals surface area contributed by atoms with Crippen molar-refractivity contribution in [3.05, 3.63) is 22.4 Å². The fourth-order valence-electron chi connectivity index (χ4n) is 1.52. The van der Waals surface area contributed by atoms with Gasteiger partial charge in [0, 0.05) is 17.6 Å². The lowest BCUT2D eigenvalue weighted by atomic mass is 10.0. The van der Waals surface area contributed by atoms with Gasteiger partial charge in [-0.05, 0) is 27.9 Å². The van der Waals surface area contributed by atoms with E-state index in [2.05, 4.69) is 37.1 Å². The van der Waals surface area contributed by atoms with Crippen LogP contribution in [0.2, 0.25) is 0 Å². The van der Waals surface area contributed by atoms with Gasteiger partial charge in [-0.3, -0.25) is 25.2 Å². The lowest BCUT2D eigenvalue weighted by Crippen LogP contribution is -2.54. The zero-order chi connectivity index (χ0) is 15.3. The summed E-state index contributed by atoms with van der Waals surface area (Å²) in [6.07, 6.45) is 1.60. The first kappa shape index (κ1) is 16.2. The lowest BCUT2D eigenvalue weighted by molar-refractivity contribution is -0.129. The fourth-order valence-corrected chi connectivity index (χ4v) is 1.86. The molecule has 0 radical (unpaired) electrons. The van der Waals surface area contributed by atoms with Gasteiger partial charge >= 0.3 is 0 Å². The monoisotopic (exact) mass is 344 g/mol. The number of H-pyrrole nitrogens is 1. The summed E-state index contributed by atoms with van der Waals surface area (Å²) in [7, 11) is 0. The molecule has 0 spiro atoms. The maximum Gasteiger partial charge on any atom is 0.286 e. The first-order valence-corrected chi connectivity index (χ1v) is 6.81. The predicted octanol–water partition coefficient (Wildman–Crippen LogP) is 0.699. The van der Waals surface area contributed by atoms with E-state index in [1.54, 1.807) is 26.1 Å². The van der Waals surface area contributed by atoms with E-state index in [4.69, 9.17) is 0 Å². The van der Waals surface area contributed by atoms with E-state index < -0.39 is 17.9 Å². The molecule has 110 valence electrons. The summed E-state index contributed by atoms with van der Waals surface area (Å²) in [5.74, 6) is -1.36. The summed E-state index contributed by atoms with van der Waals surface area (Å²) >= 11 is 3.20. The Kier molecular flexibility index (Phi) is 5.75. The molecule has 1 rings (SSSR count). The first-order chi connectivity index (χ1) is 9.31. The minimum Gasteiger partial charge on any atom is -0.356 e. The van der Waals surface area contributed by atoms with Crippen LogP contribution in [0.25, 0.3) is 0 Å². The smallest absolute Gasteiger partial charge is 0.286 e. The van der Waals surface area contributed by atoms with Crippen molar-refractivity contribution in [1.82, 2.24) is 21.2 Å². The number of aromatic nitrogens is 1. The van der Waals surface area contributed by atoms with Gasteiger partial charge in [0.2, 0.25) is 5.91 Å². The number of hydrogen-bond donors (Lipinski definition) is 4. The van der Waals surface area contributed by atoms with Gasteiger partial charge in [0.25, 0.3) is 11.8 Å². The van der Waals surface area contributed by atoms with Crippen molar-refractivity contribution < 1.29 is 14.4 Å². The number of hydrogen-bond acceptors (Lipinski definition) is 3. The van der Waals surface area contributed by atoms with E-state index in [0.29, 0.717) is 5.69 Å². The SMILES string of the molecule is CC(=O)NC(C(=O)NNC(=O)c1cc(Br)c[nH]1)C(C)C. The zero-order valence-corrected chi connectivity index (χ0v) is 13.0. The summed E-state index contributed by atoms with van der Waals surface area (Å²) in [5, 5.41) is 2.53. The number of carbonyl (C=O) groups excluding carboxylic acids is 3. The van der Waals surface area contributed by atoms with Crippen molar-refractivity contribution in [2.45, 2.75) is 26.8 Å². The maximum absolute atomic E-state index is 11.9. The Hall–Kier alpha value is -1.83. The molecule has 1 aromatic heterocycles. The topological polar surface area (TPSA) is 103 Å². The average Bonchev–Trinajstić information content (AvgIpc) is 2.78. The normalized spacial score (nSPS) is 11.8. The van der Waals surface area contributed by atoms with Gasteiger partial charge in [-0.1, -0.05) is 13.8 Å². The summed E-state index contributed by atoms with van der Waals surface area (Å²) < 4.78 is 0.729. The standard InChI is InChI=1S/C12H17BrN4O3/c1-6(2)10(15-7(3)18)12(20)17-16-11(19)9-4-8(13)5-14-9/h4-6,10,14H,1-3H3,(H,15,18)(H,16,19)(H,17,20). The van der Waals surface area contributed by atoms with E-state index in [0.717, 1.165) is 4.47 Å². The van der Waals surface area contributed by atoms with Crippen molar-refractivity contribution in [2.24, 2.45) is 5.92 Å². The minimum atomic E-state index is -0.705. The molecular formula is C12H17BrN4O3. The molecule has 3 amide bonds. The van der Waals surface area contributed by atoms with Crippen LogP contribution in [0.4, 0.5) is 0 Å². The minimum absolute atomic E-state index is 0.101. The van der Waals surface area contributed by atoms with Crippen LogP contribution in [0, 0.1) is 5.92 Å². The van der Waals surface area contributed by atoms with Crippen LogP contribution in [0.3, 0.4) is 0 Å². The second-order valence-corrected chi connectivity index (χ2v) is 5.51. The van der Waals surface area contributed by atoms with Gasteiger partial charge in [0.1, 0.15) is 11.7 Å². The molecule has 8 heteroatoms. The Balaban J connectivity index is 2.56. The lowest BCUT2D eigenvalue weighted by Gasteiger charge is -2.20. The van der Waals surface area contributed by atoms with Gasteiger partial charge in [0.05, 0.1) is 0 Å². The summed E-state index contributed by atoms with van der Waals surface area (Å²) in [6.45, 7) is 4.92. The molecule has 1 aromatic rings. The highest BCUT2D eigenvalue weighted by Gasteiger charge is 2.23. The highest BCUT2D eigenvalue weighted by molar-refractivity contribution is 9.10. The third kappa shape index (κ3) is 4.69. The van der Waals surface area contributed by atoms with Gasteiger partial charge in [-0.15, -0.1) is 0 Å². The predicted molar refractivity (Wildman–Crippen MR) is 76.5 cm³/mol. The molecule has 0 fully saturated rings. The molecule has 0 aliphatic rings. The molecule has 1 heterocycles. The van der Waals surface area contributed by atoms with E-state index in [1.807, 2.05) is 0 Å². The average molecular weight is 345 g/mol. The molecular weight excluding hydrogens is 328 g/mol. The molecule has 0 aromatic carbocycles. The summed E-state index contributed by atoms with van der Waals surface area (Å²) in [5.41, 5.74) is 4.87. The maximum atomic E-state index is 11.9. The molecule has 1 unspecified atom stereocenters. The van der Waals surface area contributed by atoms with Gasteiger partial charge in [0.15, 0.2) is 0 Å². The third-order valence-electron chi connectivity index (χ3n) is 2.50. The van der Waals surface area contributed by atoms with Crippen molar-refractivity contribution in [3.63, 3.8) is 0 Å². The molecule has 0 aliphatic carbocycles. The Morgan fingerprint density at radius 1 is 1.25 bits per heavy atom. The van der Waals surface area contributed by atoms with Gasteiger partial charge < -0.3 is 10.3 Å². The molecule has 4 N–H and O–H groups in total. The van der Waals surface area contributed by atoms with E-state index in [-0.39, 0.29) is 11.8 Å². The second-order valence-electron chi connectivity index (χ2n) is 4.60. The van der Waals surface area contributed by atoms with E-state index >= 15 is 0 Å². The first-order valence-electron chi connectivity index (χ1n) is 6.02. The van der Waals surface area contributed by atoms with Crippen molar-refractivity contribution in [2.75, 3.05) is 0 Å². The Bertz CT molecular complexity index is 513. The van der Waals surface area contributed by atoms with Crippen LogP contribution in [0.1, 0.15) is 31.3 Å². The third-order valence-corrected chi connectivity index (χ3v) is 2.96. The van der Waals surface area contributed by atoms with Crippen molar-refractivity contribution in [1.29, 1.82) is 0 Å². The highest BCUT2D eigenvalue weighted by atomic mass is 79.9. The molecule has 0 saturated heterocycles. The van der Waals surface area contributed by atoms with Gasteiger partial charge in [-0.2, -0.15) is 0 Å². The number of halogens is 1. The number of amides is 3. The fraction of sp³-hybridized carbons (Fsp3) is 0.417. The van der Waals surface area contributed by atoms with E-state index in [1.165, 1.54) is 6.92 Å². The number of rotatable bonds is 4. The van der Waals surface area contributed by atoms with Crippen LogP contribution < -0.4 is 16.2 Å². The van der Waals surface area contributed by atoms with Crippen LogP contribution in [0.15, 0.2) is 16.7 Å². The van der Waals surface area contributed by atoms with E-state index in [9.17, 15) is 14.4 Å². The molecule has 0 bridgehead atoms. The van der Waals surface area contributed by atoms with Gasteiger partial charge in [-0.25, -0.2) is 0 Å². The highest BCUT2D eigenvalue weighted by Crippen LogP contribution is 2.10. The summed E-state index contributed by atoms with van der Waals surface area (Å²) in [6, 6.07) is 0.873. The van der Waals surface area contributed by atoms with Crippen molar-refractivity contribution >= 4 is 33.7 Å².